The highest BCUT2D eigenvalue weighted by Gasteiger charge is 2.33. The molecule has 1 aromatic heterocycles. The lowest BCUT2D eigenvalue weighted by molar-refractivity contribution is -0.141. The Bertz CT molecular complexity index is 627. The van der Waals surface area contributed by atoms with E-state index < -0.39 is 17.8 Å². The quantitative estimate of drug-likeness (QED) is 0.316. The zero-order valence-electron chi connectivity index (χ0n) is 12.3. The maximum Gasteiger partial charge on any atom is 0.433 e. The van der Waals surface area contributed by atoms with Gasteiger partial charge >= 0.3 is 12.1 Å². The molecule has 0 aliphatic rings. The second-order valence-corrected chi connectivity index (χ2v) is 4.54. The summed E-state index contributed by atoms with van der Waals surface area (Å²) in [5.41, 5.74) is 6.53. The SMILES string of the molecule is CC(C)Oc1cc(/C(N)=N/N/C=C\C(=O)O)cc(C(F)(F)F)n1. The van der Waals surface area contributed by atoms with Gasteiger partial charge in [0.05, 0.1) is 6.10 Å². The van der Waals surface area contributed by atoms with Gasteiger partial charge in [0.25, 0.3) is 0 Å². The Balaban J connectivity index is 3.13. The summed E-state index contributed by atoms with van der Waals surface area (Å²) in [6.45, 7) is 3.27. The molecule has 1 rings (SSSR count). The van der Waals surface area contributed by atoms with Crippen LogP contribution in [0.25, 0.3) is 0 Å². The summed E-state index contributed by atoms with van der Waals surface area (Å²) < 4.78 is 43.7. The highest BCUT2D eigenvalue weighted by molar-refractivity contribution is 5.97. The summed E-state index contributed by atoms with van der Waals surface area (Å²) >= 11 is 0. The minimum atomic E-state index is -4.68. The van der Waals surface area contributed by atoms with E-state index in [1.165, 1.54) is 6.07 Å². The Labute approximate surface area is 129 Å². The fourth-order valence-electron chi connectivity index (χ4n) is 1.38. The van der Waals surface area contributed by atoms with E-state index in [9.17, 15) is 18.0 Å². The molecule has 0 saturated heterocycles. The van der Waals surface area contributed by atoms with Crippen LogP contribution in [0.15, 0.2) is 29.5 Å². The van der Waals surface area contributed by atoms with Crippen LogP contribution in [0.5, 0.6) is 5.88 Å². The molecule has 0 aliphatic heterocycles. The molecule has 23 heavy (non-hydrogen) atoms. The molecule has 4 N–H and O–H groups in total. The van der Waals surface area contributed by atoms with Gasteiger partial charge in [-0.2, -0.15) is 18.3 Å². The van der Waals surface area contributed by atoms with Gasteiger partial charge in [0.2, 0.25) is 5.88 Å². The second kappa shape index (κ2) is 7.47. The summed E-state index contributed by atoms with van der Waals surface area (Å²) in [6, 6.07) is 1.92. The highest BCUT2D eigenvalue weighted by atomic mass is 19.4. The van der Waals surface area contributed by atoms with Crippen molar-refractivity contribution < 1.29 is 27.8 Å². The first-order valence-corrected chi connectivity index (χ1v) is 6.34. The van der Waals surface area contributed by atoms with E-state index in [1.807, 2.05) is 0 Å². The van der Waals surface area contributed by atoms with E-state index in [1.54, 1.807) is 13.8 Å². The number of pyridine rings is 1. The summed E-state index contributed by atoms with van der Waals surface area (Å²) in [5, 5.41) is 11.9. The number of rotatable bonds is 6. The first-order chi connectivity index (χ1) is 10.6. The van der Waals surface area contributed by atoms with E-state index in [4.69, 9.17) is 15.6 Å². The maximum absolute atomic E-state index is 12.9. The number of hydrazone groups is 1. The minimum Gasteiger partial charge on any atom is -0.478 e. The van der Waals surface area contributed by atoms with Crippen LogP contribution in [0.1, 0.15) is 25.1 Å². The average molecular weight is 332 g/mol. The minimum absolute atomic E-state index is 0.0702. The molecule has 0 unspecified atom stereocenters. The molecular weight excluding hydrogens is 317 g/mol. The van der Waals surface area contributed by atoms with Gasteiger partial charge in [-0.25, -0.2) is 9.78 Å². The van der Waals surface area contributed by atoms with Gasteiger partial charge in [-0.15, -0.1) is 0 Å². The molecular formula is C13H15F3N4O3. The number of alkyl halides is 3. The van der Waals surface area contributed by atoms with Gasteiger partial charge in [0.15, 0.2) is 5.84 Å². The first-order valence-electron chi connectivity index (χ1n) is 6.34. The average Bonchev–Trinajstić information content (AvgIpc) is 2.41. The maximum atomic E-state index is 12.9. The molecule has 0 atom stereocenters. The van der Waals surface area contributed by atoms with Gasteiger partial charge in [-0.1, -0.05) is 0 Å². The number of hydrogen-bond donors (Lipinski definition) is 3. The molecule has 7 nitrogen and oxygen atoms in total. The molecule has 0 fully saturated rings. The number of halogens is 3. The van der Waals surface area contributed by atoms with Crippen molar-refractivity contribution in [3.8, 4) is 5.88 Å². The van der Waals surface area contributed by atoms with Gasteiger partial charge in [0, 0.05) is 23.9 Å². The molecule has 0 radical (unpaired) electrons. The van der Waals surface area contributed by atoms with Crippen LogP contribution in [-0.4, -0.2) is 28.0 Å². The number of amidine groups is 1. The number of carboxylic acid groups (broad SMARTS) is 1. The molecule has 0 bridgehead atoms. The van der Waals surface area contributed by atoms with Crippen molar-refractivity contribution in [3.05, 3.63) is 35.7 Å². The van der Waals surface area contributed by atoms with Crippen molar-refractivity contribution in [1.29, 1.82) is 0 Å². The molecule has 0 aliphatic carbocycles. The van der Waals surface area contributed by atoms with Crippen molar-refractivity contribution in [2.45, 2.75) is 26.1 Å². The monoisotopic (exact) mass is 332 g/mol. The number of carboxylic acids is 1. The number of ether oxygens (including phenoxy) is 1. The van der Waals surface area contributed by atoms with Crippen LogP contribution in [0.3, 0.4) is 0 Å². The van der Waals surface area contributed by atoms with Gasteiger partial charge in [-0.3, -0.25) is 5.43 Å². The lowest BCUT2D eigenvalue weighted by Gasteiger charge is -2.13. The van der Waals surface area contributed by atoms with Gasteiger partial charge in [0.1, 0.15) is 5.69 Å². The van der Waals surface area contributed by atoms with Crippen LogP contribution in [0, 0.1) is 0 Å². The second-order valence-electron chi connectivity index (χ2n) is 4.54. The predicted molar refractivity (Wildman–Crippen MR) is 75.6 cm³/mol. The van der Waals surface area contributed by atoms with Crippen LogP contribution in [-0.2, 0) is 11.0 Å². The van der Waals surface area contributed by atoms with E-state index in [-0.39, 0.29) is 23.4 Å². The zero-order chi connectivity index (χ0) is 17.6. The van der Waals surface area contributed by atoms with Crippen molar-refractivity contribution in [2.75, 3.05) is 0 Å². The summed E-state index contributed by atoms with van der Waals surface area (Å²) in [6.07, 6.45) is -3.35. The molecule has 1 aromatic rings. The van der Waals surface area contributed by atoms with E-state index >= 15 is 0 Å². The predicted octanol–water partition coefficient (Wildman–Crippen LogP) is 1.70. The Morgan fingerprint density at radius 1 is 1.48 bits per heavy atom. The number of aliphatic carboxylic acids is 1. The van der Waals surface area contributed by atoms with Crippen molar-refractivity contribution in [2.24, 2.45) is 10.8 Å². The van der Waals surface area contributed by atoms with Crippen LogP contribution in [0.2, 0.25) is 0 Å². The summed E-state index contributed by atoms with van der Waals surface area (Å²) in [4.78, 5) is 13.6. The molecule has 126 valence electrons. The molecule has 0 saturated carbocycles. The standard InChI is InChI=1S/C13H15F3N4O3/c1-7(2)23-10-6-8(5-9(19-10)13(14,15)16)12(17)20-18-4-3-11(21)22/h3-7,18H,1-2H3,(H2,17,20)(H,21,22)/b4-3-. The molecule has 1 heterocycles. The number of nitrogens with zero attached hydrogens (tertiary/aromatic N) is 2. The van der Waals surface area contributed by atoms with Gasteiger partial charge in [-0.05, 0) is 19.9 Å². The lowest BCUT2D eigenvalue weighted by Crippen LogP contribution is -2.20. The Kier molecular flexibility index (Phi) is 5.94. The summed E-state index contributed by atoms with van der Waals surface area (Å²) in [5.74, 6) is -1.76. The molecule has 0 spiro atoms. The fraction of sp³-hybridized carbons (Fsp3) is 0.308. The largest absolute Gasteiger partial charge is 0.478 e. The third kappa shape index (κ3) is 6.24. The van der Waals surface area contributed by atoms with Crippen LogP contribution in [0.4, 0.5) is 13.2 Å². The number of carbonyl (C=O) groups is 1. The fourth-order valence-corrected chi connectivity index (χ4v) is 1.38. The molecule has 10 heteroatoms. The zero-order valence-corrected chi connectivity index (χ0v) is 12.3. The smallest absolute Gasteiger partial charge is 0.433 e. The Hall–Kier alpha value is -2.78. The van der Waals surface area contributed by atoms with E-state index in [0.717, 1.165) is 12.3 Å². The van der Waals surface area contributed by atoms with Gasteiger partial charge < -0.3 is 15.6 Å². The third-order valence-electron chi connectivity index (χ3n) is 2.23. The van der Waals surface area contributed by atoms with Crippen molar-refractivity contribution >= 4 is 11.8 Å². The van der Waals surface area contributed by atoms with Crippen molar-refractivity contribution in [1.82, 2.24) is 10.4 Å². The van der Waals surface area contributed by atoms with E-state index in [2.05, 4.69) is 15.5 Å². The van der Waals surface area contributed by atoms with Crippen molar-refractivity contribution in [3.63, 3.8) is 0 Å². The topological polar surface area (TPSA) is 110 Å². The number of aromatic nitrogens is 1. The molecule has 0 amide bonds. The lowest BCUT2D eigenvalue weighted by atomic mass is 10.2. The Morgan fingerprint density at radius 3 is 2.65 bits per heavy atom. The van der Waals surface area contributed by atoms with E-state index in [0.29, 0.717) is 6.07 Å². The van der Waals surface area contributed by atoms with Crippen LogP contribution >= 0.6 is 0 Å². The number of nitrogens with two attached hydrogens (primary N) is 1. The summed E-state index contributed by atoms with van der Waals surface area (Å²) in [7, 11) is 0. The normalized spacial score (nSPS) is 12.7. The number of hydrogen-bond acceptors (Lipinski definition) is 5. The van der Waals surface area contributed by atoms with Crippen LogP contribution < -0.4 is 15.9 Å². The Morgan fingerprint density at radius 2 is 2.13 bits per heavy atom. The first kappa shape index (κ1) is 18.3. The third-order valence-corrected chi connectivity index (χ3v) is 2.23. The number of nitrogens with one attached hydrogen (secondary N) is 1. The molecule has 0 aromatic carbocycles. The highest BCUT2D eigenvalue weighted by Crippen LogP contribution is 2.30.